The molecule has 0 aliphatic carbocycles. The molecule has 24 heavy (non-hydrogen) atoms. The second-order valence-corrected chi connectivity index (χ2v) is 5.01. The van der Waals surface area contributed by atoms with Gasteiger partial charge in [-0.3, -0.25) is 9.59 Å². The molecule has 0 aliphatic heterocycles. The first-order valence-electron chi connectivity index (χ1n) is 7.53. The fraction of sp³-hybridized carbons (Fsp3) is 0.222. The van der Waals surface area contributed by atoms with Gasteiger partial charge in [-0.25, -0.2) is 0 Å². The van der Waals surface area contributed by atoms with Crippen LogP contribution in [-0.2, 0) is 4.79 Å². The summed E-state index contributed by atoms with van der Waals surface area (Å²) in [6.07, 6.45) is 0. The highest BCUT2D eigenvalue weighted by Gasteiger charge is 2.10. The number of amides is 2. The average molecular weight is 328 g/mol. The summed E-state index contributed by atoms with van der Waals surface area (Å²) in [5, 5.41) is 5.44. The van der Waals surface area contributed by atoms with Crippen LogP contribution < -0.4 is 20.1 Å². The summed E-state index contributed by atoms with van der Waals surface area (Å²) in [6.45, 7) is 3.83. The summed E-state index contributed by atoms with van der Waals surface area (Å²) >= 11 is 0. The van der Waals surface area contributed by atoms with Gasteiger partial charge >= 0.3 is 0 Å². The van der Waals surface area contributed by atoms with Crippen molar-refractivity contribution in [1.29, 1.82) is 0 Å². The van der Waals surface area contributed by atoms with Crippen molar-refractivity contribution in [3.05, 3.63) is 48.0 Å². The van der Waals surface area contributed by atoms with E-state index in [0.29, 0.717) is 35.0 Å². The maximum Gasteiger partial charge on any atom is 0.255 e. The molecule has 0 heterocycles. The van der Waals surface area contributed by atoms with E-state index in [1.165, 1.54) is 6.92 Å². The lowest BCUT2D eigenvalue weighted by Crippen LogP contribution is -2.13. The van der Waals surface area contributed by atoms with Crippen LogP contribution in [0.1, 0.15) is 24.2 Å². The van der Waals surface area contributed by atoms with Gasteiger partial charge in [-0.15, -0.1) is 0 Å². The van der Waals surface area contributed by atoms with Gasteiger partial charge in [0.1, 0.15) is 0 Å². The highest BCUT2D eigenvalue weighted by Crippen LogP contribution is 2.30. The topological polar surface area (TPSA) is 76.7 Å². The summed E-state index contributed by atoms with van der Waals surface area (Å²) in [5.74, 6) is 0.685. The number of benzene rings is 2. The minimum atomic E-state index is -0.284. The van der Waals surface area contributed by atoms with E-state index in [4.69, 9.17) is 9.47 Å². The molecule has 0 atom stereocenters. The normalized spacial score (nSPS) is 9.96. The lowest BCUT2D eigenvalue weighted by molar-refractivity contribution is -0.114. The van der Waals surface area contributed by atoms with Gasteiger partial charge in [-0.05, 0) is 37.3 Å². The van der Waals surface area contributed by atoms with E-state index in [1.54, 1.807) is 49.6 Å². The van der Waals surface area contributed by atoms with Crippen LogP contribution in [0.25, 0.3) is 0 Å². The van der Waals surface area contributed by atoms with Crippen LogP contribution in [-0.4, -0.2) is 25.5 Å². The minimum Gasteiger partial charge on any atom is -0.493 e. The largest absolute Gasteiger partial charge is 0.493 e. The van der Waals surface area contributed by atoms with Gasteiger partial charge in [-0.1, -0.05) is 6.07 Å². The van der Waals surface area contributed by atoms with Crippen LogP contribution in [0.2, 0.25) is 0 Å². The predicted octanol–water partition coefficient (Wildman–Crippen LogP) is 3.30. The molecule has 0 aliphatic rings. The second kappa shape index (κ2) is 8.01. The number of anilines is 2. The number of rotatable bonds is 6. The third kappa shape index (κ3) is 4.49. The zero-order valence-corrected chi connectivity index (χ0v) is 13.9. The van der Waals surface area contributed by atoms with E-state index in [0.717, 1.165) is 0 Å². The number of ether oxygens (including phenoxy) is 2. The monoisotopic (exact) mass is 328 g/mol. The molecule has 2 amide bonds. The van der Waals surface area contributed by atoms with Gasteiger partial charge in [0.15, 0.2) is 11.5 Å². The van der Waals surface area contributed by atoms with Crippen molar-refractivity contribution in [3.63, 3.8) is 0 Å². The van der Waals surface area contributed by atoms with E-state index < -0.39 is 0 Å². The van der Waals surface area contributed by atoms with Crippen molar-refractivity contribution in [1.82, 2.24) is 0 Å². The van der Waals surface area contributed by atoms with Crippen LogP contribution in [0.4, 0.5) is 11.4 Å². The van der Waals surface area contributed by atoms with Crippen LogP contribution in [0.15, 0.2) is 42.5 Å². The van der Waals surface area contributed by atoms with Crippen molar-refractivity contribution >= 4 is 23.2 Å². The SMILES string of the molecule is CCOc1ccc(NC(=O)c2cccc(NC(C)=O)c2)cc1OC. The van der Waals surface area contributed by atoms with Crippen molar-refractivity contribution in [3.8, 4) is 11.5 Å². The molecule has 0 aromatic heterocycles. The van der Waals surface area contributed by atoms with Crippen LogP contribution in [0, 0.1) is 0 Å². The fourth-order valence-electron chi connectivity index (χ4n) is 2.16. The van der Waals surface area contributed by atoms with Gasteiger partial charge in [0.25, 0.3) is 5.91 Å². The molecule has 6 heteroatoms. The molecule has 2 aromatic carbocycles. The van der Waals surface area contributed by atoms with Crippen LogP contribution in [0.3, 0.4) is 0 Å². The molecule has 0 bridgehead atoms. The zero-order valence-electron chi connectivity index (χ0n) is 13.9. The Morgan fingerprint density at radius 3 is 2.42 bits per heavy atom. The molecule has 0 radical (unpaired) electrons. The van der Waals surface area contributed by atoms with E-state index in [9.17, 15) is 9.59 Å². The Balaban J connectivity index is 2.16. The Morgan fingerprint density at radius 1 is 1.00 bits per heavy atom. The quantitative estimate of drug-likeness (QED) is 0.853. The molecule has 0 unspecified atom stereocenters. The standard InChI is InChI=1S/C18H20N2O4/c1-4-24-16-9-8-15(11-17(16)23-3)20-18(22)13-6-5-7-14(10-13)19-12(2)21/h5-11H,4H2,1-3H3,(H,19,21)(H,20,22). The molecule has 0 saturated heterocycles. The molecule has 0 saturated carbocycles. The van der Waals surface area contributed by atoms with Crippen molar-refractivity contribution in [2.75, 3.05) is 24.4 Å². The summed E-state index contributed by atoms with van der Waals surface area (Å²) in [4.78, 5) is 23.5. The molecule has 2 N–H and O–H groups in total. The summed E-state index contributed by atoms with van der Waals surface area (Å²) in [7, 11) is 1.54. The number of methoxy groups -OCH3 is 1. The van der Waals surface area contributed by atoms with Crippen molar-refractivity contribution in [2.24, 2.45) is 0 Å². The van der Waals surface area contributed by atoms with E-state index in [-0.39, 0.29) is 11.8 Å². The predicted molar refractivity (Wildman–Crippen MR) is 92.9 cm³/mol. The molecule has 0 fully saturated rings. The Bertz CT molecular complexity index is 744. The Kier molecular flexibility index (Phi) is 5.78. The Morgan fingerprint density at radius 2 is 1.75 bits per heavy atom. The first kappa shape index (κ1) is 17.3. The van der Waals surface area contributed by atoms with E-state index in [2.05, 4.69) is 10.6 Å². The lowest BCUT2D eigenvalue weighted by Gasteiger charge is -2.12. The number of carbonyl (C=O) groups is 2. The lowest BCUT2D eigenvalue weighted by atomic mass is 10.1. The second-order valence-electron chi connectivity index (χ2n) is 5.01. The summed E-state index contributed by atoms with van der Waals surface area (Å²) in [6, 6.07) is 11.9. The fourth-order valence-corrected chi connectivity index (χ4v) is 2.16. The zero-order chi connectivity index (χ0) is 17.5. The molecule has 2 rings (SSSR count). The smallest absolute Gasteiger partial charge is 0.255 e. The number of hydrogen-bond acceptors (Lipinski definition) is 4. The maximum atomic E-state index is 12.4. The van der Waals surface area contributed by atoms with Gasteiger partial charge in [-0.2, -0.15) is 0 Å². The Hall–Kier alpha value is -3.02. The van der Waals surface area contributed by atoms with Crippen LogP contribution in [0.5, 0.6) is 11.5 Å². The third-order valence-corrected chi connectivity index (χ3v) is 3.17. The Labute approximate surface area is 140 Å². The molecule has 0 spiro atoms. The van der Waals surface area contributed by atoms with Crippen molar-refractivity contribution < 1.29 is 19.1 Å². The maximum absolute atomic E-state index is 12.4. The summed E-state index contributed by atoms with van der Waals surface area (Å²) in [5.41, 5.74) is 1.60. The van der Waals surface area contributed by atoms with Crippen molar-refractivity contribution in [2.45, 2.75) is 13.8 Å². The molecule has 2 aromatic rings. The highest BCUT2D eigenvalue weighted by atomic mass is 16.5. The molecule has 6 nitrogen and oxygen atoms in total. The molecule has 126 valence electrons. The molecular weight excluding hydrogens is 308 g/mol. The highest BCUT2D eigenvalue weighted by molar-refractivity contribution is 6.05. The first-order valence-corrected chi connectivity index (χ1v) is 7.53. The minimum absolute atomic E-state index is 0.191. The van der Waals surface area contributed by atoms with Gasteiger partial charge in [0, 0.05) is 29.9 Å². The van der Waals surface area contributed by atoms with Gasteiger partial charge < -0.3 is 20.1 Å². The van der Waals surface area contributed by atoms with Gasteiger partial charge in [0.2, 0.25) is 5.91 Å². The van der Waals surface area contributed by atoms with E-state index in [1.807, 2.05) is 6.92 Å². The van der Waals surface area contributed by atoms with E-state index >= 15 is 0 Å². The van der Waals surface area contributed by atoms with Gasteiger partial charge in [0.05, 0.1) is 13.7 Å². The summed E-state index contributed by atoms with van der Waals surface area (Å²) < 4.78 is 10.7. The number of nitrogens with one attached hydrogen (secondary N) is 2. The number of hydrogen-bond donors (Lipinski definition) is 2. The first-order chi connectivity index (χ1) is 11.5. The molecular formula is C18H20N2O4. The number of carbonyl (C=O) groups excluding carboxylic acids is 2. The third-order valence-electron chi connectivity index (χ3n) is 3.17. The average Bonchev–Trinajstić information content (AvgIpc) is 2.56. The van der Waals surface area contributed by atoms with Crippen LogP contribution >= 0.6 is 0 Å².